The molecular formula is C16H20ClN3O. The summed E-state index contributed by atoms with van der Waals surface area (Å²) in [6.07, 6.45) is 7.41. The van der Waals surface area contributed by atoms with Gasteiger partial charge < -0.3 is 9.84 Å². The van der Waals surface area contributed by atoms with Crippen LogP contribution in [-0.4, -0.2) is 16.7 Å². The molecule has 1 saturated carbocycles. The van der Waals surface area contributed by atoms with Gasteiger partial charge in [-0.1, -0.05) is 24.4 Å². The van der Waals surface area contributed by atoms with Crippen LogP contribution in [0.15, 0.2) is 22.7 Å². The highest BCUT2D eigenvalue weighted by Gasteiger charge is 2.21. The summed E-state index contributed by atoms with van der Waals surface area (Å²) in [7, 11) is 0. The van der Waals surface area contributed by atoms with Gasteiger partial charge in [-0.05, 0) is 43.0 Å². The summed E-state index contributed by atoms with van der Waals surface area (Å²) in [5, 5.41) is 7.58. The van der Waals surface area contributed by atoms with Crippen LogP contribution in [0.1, 0.15) is 49.4 Å². The molecule has 2 aliphatic rings. The molecule has 1 aliphatic heterocycles. The third-order valence-electron chi connectivity index (χ3n) is 4.47. The minimum absolute atomic E-state index is 0. The Bertz CT molecular complexity index is 620. The molecule has 2 aromatic rings. The summed E-state index contributed by atoms with van der Waals surface area (Å²) in [6, 6.07) is 6.35. The Balaban J connectivity index is 0.00000132. The molecule has 2 heterocycles. The van der Waals surface area contributed by atoms with Crippen molar-refractivity contribution in [1.82, 2.24) is 10.1 Å². The molecule has 1 N–H and O–H groups in total. The Morgan fingerprint density at radius 2 is 2.00 bits per heavy atom. The molecule has 0 amide bonds. The van der Waals surface area contributed by atoms with E-state index in [0.29, 0.717) is 11.8 Å². The number of anilines is 1. The highest BCUT2D eigenvalue weighted by Crippen LogP contribution is 2.33. The van der Waals surface area contributed by atoms with E-state index >= 15 is 0 Å². The maximum Gasteiger partial charge on any atom is 0.257 e. The maximum atomic E-state index is 5.48. The predicted molar refractivity (Wildman–Crippen MR) is 85.0 cm³/mol. The molecule has 1 fully saturated rings. The first-order chi connectivity index (χ1) is 9.90. The van der Waals surface area contributed by atoms with Crippen LogP contribution in [0.3, 0.4) is 0 Å². The van der Waals surface area contributed by atoms with Gasteiger partial charge in [-0.25, -0.2) is 0 Å². The zero-order valence-electron chi connectivity index (χ0n) is 12.0. The van der Waals surface area contributed by atoms with Gasteiger partial charge in [-0.3, -0.25) is 0 Å². The van der Waals surface area contributed by atoms with Gasteiger partial charge in [0.1, 0.15) is 0 Å². The number of hydrogen-bond acceptors (Lipinski definition) is 4. The zero-order chi connectivity index (χ0) is 13.4. The van der Waals surface area contributed by atoms with E-state index < -0.39 is 0 Å². The van der Waals surface area contributed by atoms with Gasteiger partial charge in [0.05, 0.1) is 0 Å². The number of nitrogens with zero attached hydrogens (tertiary/aromatic N) is 2. The Morgan fingerprint density at radius 1 is 1.14 bits per heavy atom. The van der Waals surface area contributed by atoms with Crippen molar-refractivity contribution in [2.45, 2.75) is 44.4 Å². The Morgan fingerprint density at radius 3 is 2.86 bits per heavy atom. The fourth-order valence-corrected chi connectivity index (χ4v) is 3.32. The summed E-state index contributed by atoms with van der Waals surface area (Å²) in [4.78, 5) is 4.63. The maximum absolute atomic E-state index is 5.48. The van der Waals surface area contributed by atoms with Crippen molar-refractivity contribution in [2.24, 2.45) is 0 Å². The molecular weight excluding hydrogens is 286 g/mol. The first kappa shape index (κ1) is 14.4. The minimum atomic E-state index is 0. The van der Waals surface area contributed by atoms with Gasteiger partial charge in [0.2, 0.25) is 0 Å². The van der Waals surface area contributed by atoms with E-state index in [-0.39, 0.29) is 12.4 Å². The fourth-order valence-electron chi connectivity index (χ4n) is 3.32. The van der Waals surface area contributed by atoms with Gasteiger partial charge in [0.25, 0.3) is 5.89 Å². The number of hydrogen-bond donors (Lipinski definition) is 1. The average Bonchev–Trinajstić information content (AvgIpc) is 3.16. The summed E-state index contributed by atoms with van der Waals surface area (Å²) in [5.74, 6) is 2.07. The summed E-state index contributed by atoms with van der Waals surface area (Å²) in [6.45, 7) is 1.02. The lowest BCUT2D eigenvalue weighted by Gasteiger charge is -2.17. The summed E-state index contributed by atoms with van der Waals surface area (Å²) >= 11 is 0. The van der Waals surface area contributed by atoms with Crippen LogP contribution in [-0.2, 0) is 6.42 Å². The first-order valence-electron chi connectivity index (χ1n) is 7.61. The average molecular weight is 306 g/mol. The van der Waals surface area contributed by atoms with Crippen molar-refractivity contribution in [1.29, 1.82) is 0 Å². The molecule has 0 unspecified atom stereocenters. The Hall–Kier alpha value is -1.55. The lowest BCUT2D eigenvalue weighted by molar-refractivity contribution is 0.385. The van der Waals surface area contributed by atoms with Crippen molar-refractivity contribution in [3.8, 4) is 11.5 Å². The normalized spacial score (nSPS) is 17.9. The van der Waals surface area contributed by atoms with Crippen molar-refractivity contribution in [3.05, 3.63) is 29.6 Å². The van der Waals surface area contributed by atoms with Crippen LogP contribution in [0.4, 0.5) is 5.69 Å². The van der Waals surface area contributed by atoms with Crippen LogP contribution in [0.25, 0.3) is 11.5 Å². The molecule has 0 saturated heterocycles. The molecule has 0 radical (unpaired) electrons. The molecule has 1 aromatic heterocycles. The highest BCUT2D eigenvalue weighted by molar-refractivity contribution is 5.85. The van der Waals surface area contributed by atoms with Gasteiger partial charge in [-0.2, -0.15) is 4.98 Å². The Kier molecular flexibility index (Phi) is 4.15. The van der Waals surface area contributed by atoms with Crippen molar-refractivity contribution in [3.63, 3.8) is 0 Å². The number of aromatic nitrogens is 2. The van der Waals surface area contributed by atoms with E-state index in [9.17, 15) is 0 Å². The number of halogens is 1. The number of benzene rings is 1. The van der Waals surface area contributed by atoms with Crippen molar-refractivity contribution in [2.75, 3.05) is 11.9 Å². The third kappa shape index (κ3) is 2.77. The highest BCUT2D eigenvalue weighted by atomic mass is 35.5. The lowest BCUT2D eigenvalue weighted by atomic mass is 9.89. The molecule has 1 aromatic carbocycles. The largest absolute Gasteiger partial charge is 0.384 e. The van der Waals surface area contributed by atoms with Crippen molar-refractivity contribution >= 4 is 18.1 Å². The van der Waals surface area contributed by atoms with Crippen LogP contribution < -0.4 is 5.32 Å². The van der Waals surface area contributed by atoms with E-state index in [1.54, 1.807) is 0 Å². The monoisotopic (exact) mass is 305 g/mol. The van der Waals surface area contributed by atoms with Crippen LogP contribution in [0.2, 0.25) is 0 Å². The molecule has 21 heavy (non-hydrogen) atoms. The van der Waals surface area contributed by atoms with E-state index in [4.69, 9.17) is 4.52 Å². The van der Waals surface area contributed by atoms with Crippen molar-refractivity contribution < 1.29 is 4.52 Å². The second kappa shape index (κ2) is 6.06. The summed E-state index contributed by atoms with van der Waals surface area (Å²) < 4.78 is 5.48. The topological polar surface area (TPSA) is 51.0 Å². The SMILES string of the molecule is Cl.c1cc2c(cc1-c1nc(C3CCCCC3)no1)CCN2. The van der Waals surface area contributed by atoms with Gasteiger partial charge in [0.15, 0.2) is 5.82 Å². The second-order valence-electron chi connectivity index (χ2n) is 5.84. The molecule has 4 rings (SSSR count). The smallest absolute Gasteiger partial charge is 0.257 e. The molecule has 0 spiro atoms. The third-order valence-corrected chi connectivity index (χ3v) is 4.47. The fraction of sp³-hybridized carbons (Fsp3) is 0.500. The van der Waals surface area contributed by atoms with Gasteiger partial charge >= 0.3 is 0 Å². The Labute approximate surface area is 130 Å². The number of nitrogens with one attached hydrogen (secondary N) is 1. The van der Waals surface area contributed by atoms with E-state index in [1.165, 1.54) is 43.4 Å². The lowest BCUT2D eigenvalue weighted by Crippen LogP contribution is -2.06. The molecule has 112 valence electrons. The zero-order valence-corrected chi connectivity index (χ0v) is 12.8. The van der Waals surface area contributed by atoms with E-state index in [1.807, 2.05) is 0 Å². The quantitative estimate of drug-likeness (QED) is 0.904. The molecule has 0 atom stereocenters. The molecule has 5 heteroatoms. The predicted octanol–water partition coefficient (Wildman–Crippen LogP) is 4.17. The van der Waals surface area contributed by atoms with Gasteiger partial charge in [-0.15, -0.1) is 12.4 Å². The van der Waals surface area contributed by atoms with Gasteiger partial charge in [0, 0.05) is 23.7 Å². The van der Waals surface area contributed by atoms with Crippen LogP contribution >= 0.6 is 12.4 Å². The van der Waals surface area contributed by atoms with Crippen LogP contribution in [0, 0.1) is 0 Å². The first-order valence-corrected chi connectivity index (χ1v) is 7.61. The number of rotatable bonds is 2. The molecule has 1 aliphatic carbocycles. The standard InChI is InChI=1S/C16H19N3O.ClH/c1-2-4-11(5-3-1)15-18-16(20-19-15)13-6-7-14-12(10-13)8-9-17-14;/h6-7,10-11,17H,1-5,8-9H2;1H. The van der Waals surface area contributed by atoms with E-state index in [2.05, 4.69) is 33.7 Å². The summed E-state index contributed by atoms with van der Waals surface area (Å²) in [5.41, 5.74) is 3.63. The molecule has 4 nitrogen and oxygen atoms in total. The van der Waals surface area contributed by atoms with Crippen LogP contribution in [0.5, 0.6) is 0 Å². The van der Waals surface area contributed by atoms with E-state index in [0.717, 1.165) is 24.4 Å². The second-order valence-corrected chi connectivity index (χ2v) is 5.84. The minimum Gasteiger partial charge on any atom is -0.384 e. The number of fused-ring (bicyclic) bond motifs is 1. The molecule has 0 bridgehead atoms.